The van der Waals surface area contributed by atoms with Gasteiger partial charge in [-0.1, -0.05) is 13.8 Å². The molecule has 0 atom stereocenters. The summed E-state index contributed by atoms with van der Waals surface area (Å²) in [5.74, 6) is 0.531. The van der Waals surface area contributed by atoms with Crippen LogP contribution in [0.25, 0.3) is 0 Å². The fraction of sp³-hybridized carbons (Fsp3) is 0.545. The minimum absolute atomic E-state index is 0.299. The molecule has 1 saturated carbocycles. The summed E-state index contributed by atoms with van der Waals surface area (Å²) in [6.45, 7) is 4.11. The number of halogens is 2. The van der Waals surface area contributed by atoms with E-state index in [0.717, 1.165) is 5.69 Å². The predicted octanol–water partition coefficient (Wildman–Crippen LogP) is 3.98. The van der Waals surface area contributed by atoms with Crippen LogP contribution in [0, 0.1) is 5.95 Å². The fourth-order valence-electron chi connectivity index (χ4n) is 1.68. The molecule has 0 N–H and O–H groups in total. The highest BCUT2D eigenvalue weighted by atomic mass is 79.9. The highest BCUT2D eigenvalue weighted by Gasteiger charge is 2.28. The minimum Gasteiger partial charge on any atom is -0.223 e. The van der Waals surface area contributed by atoms with Gasteiger partial charge in [-0.3, -0.25) is 0 Å². The molecular weight excluding hydrogens is 245 g/mol. The average molecular weight is 258 g/mol. The number of nitrogens with zero attached hydrogens (tertiary/aromatic N) is 1. The number of rotatable bonds is 2. The predicted molar refractivity (Wildman–Crippen MR) is 58.0 cm³/mol. The van der Waals surface area contributed by atoms with Crippen molar-refractivity contribution in [3.05, 3.63) is 27.7 Å². The molecule has 2 rings (SSSR count). The summed E-state index contributed by atoms with van der Waals surface area (Å²) in [5.41, 5.74) is 2.15. The van der Waals surface area contributed by atoms with Crippen molar-refractivity contribution in [3.63, 3.8) is 0 Å². The van der Waals surface area contributed by atoms with Crippen LogP contribution >= 0.6 is 15.9 Å². The number of hydrogen-bond donors (Lipinski definition) is 0. The molecule has 1 aliphatic carbocycles. The van der Waals surface area contributed by atoms with Crippen molar-refractivity contribution >= 4 is 15.9 Å². The third-order valence-electron chi connectivity index (χ3n) is 2.56. The van der Waals surface area contributed by atoms with Crippen molar-refractivity contribution in [1.82, 2.24) is 4.98 Å². The number of pyridine rings is 1. The Morgan fingerprint density at radius 2 is 2.14 bits per heavy atom. The Kier molecular flexibility index (Phi) is 2.60. The molecule has 76 valence electrons. The molecular formula is C11H13BrFN. The van der Waals surface area contributed by atoms with Crippen LogP contribution in [0.2, 0.25) is 0 Å². The van der Waals surface area contributed by atoms with E-state index < -0.39 is 5.95 Å². The molecule has 0 radical (unpaired) electrons. The molecule has 0 aliphatic heterocycles. The van der Waals surface area contributed by atoms with Crippen LogP contribution in [0.4, 0.5) is 4.39 Å². The van der Waals surface area contributed by atoms with Crippen LogP contribution in [-0.4, -0.2) is 4.98 Å². The van der Waals surface area contributed by atoms with E-state index in [-0.39, 0.29) is 0 Å². The van der Waals surface area contributed by atoms with Gasteiger partial charge in [0.05, 0.1) is 4.47 Å². The standard InChI is InChI=1S/C11H13BrFN/c1-6(2)10-8(7-3-4-7)5-9(12)11(13)14-10/h5-7H,3-4H2,1-2H3. The van der Waals surface area contributed by atoms with Gasteiger partial charge in [0.1, 0.15) is 0 Å². The van der Waals surface area contributed by atoms with Crippen molar-refractivity contribution < 1.29 is 4.39 Å². The summed E-state index contributed by atoms with van der Waals surface area (Å²) >= 11 is 3.19. The lowest BCUT2D eigenvalue weighted by Crippen LogP contribution is -2.02. The van der Waals surface area contributed by atoms with Gasteiger partial charge >= 0.3 is 0 Å². The maximum absolute atomic E-state index is 13.2. The minimum atomic E-state index is -0.391. The van der Waals surface area contributed by atoms with Gasteiger partial charge in [-0.15, -0.1) is 0 Å². The van der Waals surface area contributed by atoms with Gasteiger partial charge in [0.25, 0.3) is 0 Å². The lowest BCUT2D eigenvalue weighted by molar-refractivity contribution is 0.561. The van der Waals surface area contributed by atoms with Crippen molar-refractivity contribution in [2.45, 2.75) is 38.5 Å². The highest BCUT2D eigenvalue weighted by Crippen LogP contribution is 2.43. The molecule has 0 unspecified atom stereocenters. The third-order valence-corrected chi connectivity index (χ3v) is 3.11. The van der Waals surface area contributed by atoms with Crippen LogP contribution in [0.3, 0.4) is 0 Å². The number of hydrogen-bond acceptors (Lipinski definition) is 1. The molecule has 14 heavy (non-hydrogen) atoms. The first-order valence-corrected chi connectivity index (χ1v) is 5.74. The maximum atomic E-state index is 13.2. The molecule has 0 amide bonds. The van der Waals surface area contributed by atoms with Gasteiger partial charge in [0, 0.05) is 5.69 Å². The Morgan fingerprint density at radius 3 is 2.64 bits per heavy atom. The number of aromatic nitrogens is 1. The molecule has 0 saturated heterocycles. The zero-order valence-corrected chi connectivity index (χ0v) is 9.94. The first-order valence-electron chi connectivity index (χ1n) is 4.95. The van der Waals surface area contributed by atoms with E-state index in [1.807, 2.05) is 6.07 Å². The summed E-state index contributed by atoms with van der Waals surface area (Å²) in [6.07, 6.45) is 2.44. The van der Waals surface area contributed by atoms with Gasteiger partial charge in [-0.25, -0.2) is 4.98 Å². The Balaban J connectivity index is 2.49. The molecule has 0 spiro atoms. The Bertz CT molecular complexity index is 332. The molecule has 1 fully saturated rings. The lowest BCUT2D eigenvalue weighted by atomic mass is 10.0. The molecule has 1 aliphatic rings. The van der Waals surface area contributed by atoms with E-state index in [2.05, 4.69) is 34.8 Å². The SMILES string of the molecule is CC(C)c1nc(F)c(Br)cc1C1CC1. The molecule has 1 aromatic heterocycles. The van der Waals surface area contributed by atoms with E-state index >= 15 is 0 Å². The Hall–Kier alpha value is -0.440. The largest absolute Gasteiger partial charge is 0.227 e. The van der Waals surface area contributed by atoms with Gasteiger partial charge in [-0.2, -0.15) is 4.39 Å². The smallest absolute Gasteiger partial charge is 0.223 e. The van der Waals surface area contributed by atoms with Crippen LogP contribution < -0.4 is 0 Å². The zero-order chi connectivity index (χ0) is 10.3. The molecule has 1 nitrogen and oxygen atoms in total. The van der Waals surface area contributed by atoms with Crippen molar-refractivity contribution in [1.29, 1.82) is 0 Å². The summed E-state index contributed by atoms with van der Waals surface area (Å²) in [7, 11) is 0. The zero-order valence-electron chi connectivity index (χ0n) is 8.35. The topological polar surface area (TPSA) is 12.9 Å². The van der Waals surface area contributed by atoms with E-state index in [4.69, 9.17) is 0 Å². The second-order valence-corrected chi connectivity index (χ2v) is 5.02. The average Bonchev–Trinajstić information content (AvgIpc) is 2.91. The third kappa shape index (κ3) is 1.83. The normalized spacial score (nSPS) is 16.4. The molecule has 1 aromatic rings. The molecule has 1 heterocycles. The maximum Gasteiger partial charge on any atom is 0.227 e. The monoisotopic (exact) mass is 257 g/mol. The van der Waals surface area contributed by atoms with Crippen LogP contribution in [0.15, 0.2) is 10.5 Å². The van der Waals surface area contributed by atoms with E-state index in [9.17, 15) is 4.39 Å². The van der Waals surface area contributed by atoms with E-state index in [1.165, 1.54) is 18.4 Å². The lowest BCUT2D eigenvalue weighted by Gasteiger charge is -2.11. The molecule has 0 bridgehead atoms. The van der Waals surface area contributed by atoms with Crippen molar-refractivity contribution in [3.8, 4) is 0 Å². The summed E-state index contributed by atoms with van der Waals surface area (Å²) < 4.78 is 13.7. The van der Waals surface area contributed by atoms with Crippen LogP contribution in [-0.2, 0) is 0 Å². The first-order chi connectivity index (χ1) is 6.59. The molecule has 0 aromatic carbocycles. The summed E-state index contributed by atoms with van der Waals surface area (Å²) in [6, 6.07) is 1.90. The first kappa shape index (κ1) is 10.1. The van der Waals surface area contributed by atoms with Crippen molar-refractivity contribution in [2.75, 3.05) is 0 Å². The van der Waals surface area contributed by atoms with Gasteiger partial charge in [0.15, 0.2) is 0 Å². The van der Waals surface area contributed by atoms with E-state index in [0.29, 0.717) is 16.3 Å². The summed E-state index contributed by atoms with van der Waals surface area (Å²) in [4.78, 5) is 4.02. The second kappa shape index (κ2) is 3.61. The molecule has 3 heteroatoms. The van der Waals surface area contributed by atoms with Gasteiger partial charge in [0.2, 0.25) is 5.95 Å². The quantitative estimate of drug-likeness (QED) is 0.731. The Labute approximate surface area is 91.9 Å². The van der Waals surface area contributed by atoms with Crippen LogP contribution in [0.1, 0.15) is 49.8 Å². The van der Waals surface area contributed by atoms with E-state index in [1.54, 1.807) is 0 Å². The highest BCUT2D eigenvalue weighted by molar-refractivity contribution is 9.10. The second-order valence-electron chi connectivity index (χ2n) is 4.16. The van der Waals surface area contributed by atoms with Gasteiger partial charge in [-0.05, 0) is 52.2 Å². The van der Waals surface area contributed by atoms with Gasteiger partial charge < -0.3 is 0 Å². The summed E-state index contributed by atoms with van der Waals surface area (Å²) in [5, 5.41) is 0. The van der Waals surface area contributed by atoms with Crippen molar-refractivity contribution in [2.24, 2.45) is 0 Å². The van der Waals surface area contributed by atoms with Crippen LogP contribution in [0.5, 0.6) is 0 Å². The Morgan fingerprint density at radius 1 is 1.50 bits per heavy atom. The fourth-order valence-corrected chi connectivity index (χ4v) is 2.01.